The number of aliphatic hydroxyl groups is 1. The summed E-state index contributed by atoms with van der Waals surface area (Å²) in [6, 6.07) is 14.3. The van der Waals surface area contributed by atoms with Crippen molar-refractivity contribution >= 4 is 11.0 Å². The lowest BCUT2D eigenvalue weighted by Crippen LogP contribution is -2.26. The van der Waals surface area contributed by atoms with Gasteiger partial charge in [-0.25, -0.2) is 4.98 Å². The second-order valence-corrected chi connectivity index (χ2v) is 7.49. The normalized spacial score (nSPS) is 15.8. The molecule has 3 aromatic rings. The molecule has 136 valence electrons. The molecule has 26 heavy (non-hydrogen) atoms. The van der Waals surface area contributed by atoms with E-state index in [1.807, 2.05) is 30.3 Å². The Labute approximate surface area is 154 Å². The van der Waals surface area contributed by atoms with Gasteiger partial charge in [-0.15, -0.1) is 0 Å². The summed E-state index contributed by atoms with van der Waals surface area (Å²) in [5.41, 5.74) is 4.45. The first kappa shape index (κ1) is 17.1. The fourth-order valence-electron chi connectivity index (χ4n) is 3.74. The summed E-state index contributed by atoms with van der Waals surface area (Å²) in [5.74, 6) is 2.45. The number of aromatic nitrogens is 2. The number of fused-ring (bicyclic) bond motifs is 1. The Balaban J connectivity index is 1.50. The van der Waals surface area contributed by atoms with E-state index >= 15 is 0 Å². The SMILES string of the molecule is Cc1cc(C)cc(OCC(O)Cn2c(C3CCC3)nc3ccccc32)c1. The van der Waals surface area contributed by atoms with Crippen molar-refractivity contribution in [3.63, 3.8) is 0 Å². The lowest BCUT2D eigenvalue weighted by molar-refractivity contribution is 0.0919. The first-order chi connectivity index (χ1) is 12.6. The predicted octanol–water partition coefficient (Wildman–Crippen LogP) is 4.36. The van der Waals surface area contributed by atoms with Crippen LogP contribution in [0.3, 0.4) is 0 Å². The second-order valence-electron chi connectivity index (χ2n) is 7.49. The zero-order chi connectivity index (χ0) is 18.1. The number of benzene rings is 2. The zero-order valence-electron chi connectivity index (χ0n) is 15.5. The van der Waals surface area contributed by atoms with Crippen LogP contribution in [0.25, 0.3) is 11.0 Å². The first-order valence-corrected chi connectivity index (χ1v) is 9.44. The molecule has 1 unspecified atom stereocenters. The highest BCUT2D eigenvalue weighted by molar-refractivity contribution is 5.76. The van der Waals surface area contributed by atoms with E-state index in [1.165, 1.54) is 30.4 Å². The van der Waals surface area contributed by atoms with Gasteiger partial charge in [0.25, 0.3) is 0 Å². The number of hydrogen-bond donors (Lipinski definition) is 1. The molecule has 1 aliphatic rings. The van der Waals surface area contributed by atoms with Crippen molar-refractivity contribution in [2.45, 2.75) is 51.7 Å². The smallest absolute Gasteiger partial charge is 0.119 e. The molecule has 2 aromatic carbocycles. The van der Waals surface area contributed by atoms with Crippen LogP contribution in [0.5, 0.6) is 5.75 Å². The molecule has 1 atom stereocenters. The van der Waals surface area contributed by atoms with Crippen molar-refractivity contribution in [2.75, 3.05) is 6.61 Å². The minimum absolute atomic E-state index is 0.277. The molecular weight excluding hydrogens is 324 g/mol. The van der Waals surface area contributed by atoms with Gasteiger partial charge in [0.15, 0.2) is 0 Å². The molecule has 0 aliphatic heterocycles. The van der Waals surface area contributed by atoms with Gasteiger partial charge in [0, 0.05) is 5.92 Å². The number of nitrogens with zero attached hydrogens (tertiary/aromatic N) is 2. The maximum Gasteiger partial charge on any atom is 0.119 e. The van der Waals surface area contributed by atoms with E-state index in [0.717, 1.165) is 22.6 Å². The Morgan fingerprint density at radius 1 is 1.15 bits per heavy atom. The van der Waals surface area contributed by atoms with E-state index in [9.17, 15) is 5.11 Å². The van der Waals surface area contributed by atoms with Gasteiger partial charge in [0.05, 0.1) is 17.6 Å². The molecular formula is C22H26N2O2. The molecule has 1 aromatic heterocycles. The molecule has 0 spiro atoms. The molecule has 1 saturated carbocycles. The average Bonchev–Trinajstić information content (AvgIpc) is 2.89. The van der Waals surface area contributed by atoms with Crippen LogP contribution in [0.1, 0.15) is 42.1 Å². The van der Waals surface area contributed by atoms with E-state index in [2.05, 4.69) is 30.5 Å². The van der Waals surface area contributed by atoms with Crippen molar-refractivity contribution in [1.29, 1.82) is 0 Å². The summed E-state index contributed by atoms with van der Waals surface area (Å²) in [6.45, 7) is 4.90. The molecule has 4 nitrogen and oxygen atoms in total. The van der Waals surface area contributed by atoms with Gasteiger partial charge in [-0.05, 0) is 62.1 Å². The summed E-state index contributed by atoms with van der Waals surface area (Å²) in [4.78, 5) is 4.84. The standard InChI is InChI=1S/C22H26N2O2/c1-15-10-16(2)12-19(11-15)26-14-18(25)13-24-21-9-4-3-8-20(21)23-22(24)17-6-5-7-17/h3-4,8-12,17-18,25H,5-7,13-14H2,1-2H3. The van der Waals surface area contributed by atoms with Gasteiger partial charge in [-0.1, -0.05) is 24.6 Å². The molecule has 0 bridgehead atoms. The Morgan fingerprint density at radius 2 is 1.88 bits per heavy atom. The monoisotopic (exact) mass is 350 g/mol. The van der Waals surface area contributed by atoms with E-state index < -0.39 is 6.10 Å². The number of ether oxygens (including phenoxy) is 1. The van der Waals surface area contributed by atoms with Crippen molar-refractivity contribution < 1.29 is 9.84 Å². The second kappa shape index (κ2) is 7.12. The van der Waals surface area contributed by atoms with E-state index in [0.29, 0.717) is 12.5 Å². The maximum absolute atomic E-state index is 10.6. The summed E-state index contributed by atoms with van der Waals surface area (Å²) >= 11 is 0. The molecule has 1 N–H and O–H groups in total. The van der Waals surface area contributed by atoms with Crippen LogP contribution in [0.4, 0.5) is 0 Å². The van der Waals surface area contributed by atoms with Gasteiger partial charge in [0.2, 0.25) is 0 Å². The topological polar surface area (TPSA) is 47.3 Å². The van der Waals surface area contributed by atoms with E-state index in [4.69, 9.17) is 9.72 Å². The molecule has 0 saturated heterocycles. The van der Waals surface area contributed by atoms with Gasteiger partial charge in [0.1, 0.15) is 24.3 Å². The summed E-state index contributed by atoms with van der Waals surface area (Å²) < 4.78 is 8.04. The molecule has 1 heterocycles. The molecule has 4 rings (SSSR count). The minimum Gasteiger partial charge on any atom is -0.491 e. The fraction of sp³-hybridized carbons (Fsp3) is 0.409. The first-order valence-electron chi connectivity index (χ1n) is 9.44. The zero-order valence-corrected chi connectivity index (χ0v) is 15.5. The van der Waals surface area contributed by atoms with Gasteiger partial charge < -0.3 is 14.4 Å². The van der Waals surface area contributed by atoms with E-state index in [1.54, 1.807) is 0 Å². The Morgan fingerprint density at radius 3 is 2.58 bits per heavy atom. The summed E-state index contributed by atoms with van der Waals surface area (Å²) in [7, 11) is 0. The number of rotatable bonds is 6. The summed E-state index contributed by atoms with van der Waals surface area (Å²) in [5, 5.41) is 10.6. The Hall–Kier alpha value is -2.33. The number of aliphatic hydroxyl groups excluding tert-OH is 1. The minimum atomic E-state index is -0.577. The molecule has 1 fully saturated rings. The highest BCUT2D eigenvalue weighted by Gasteiger charge is 2.26. The average molecular weight is 350 g/mol. The highest BCUT2D eigenvalue weighted by Crippen LogP contribution is 2.37. The van der Waals surface area contributed by atoms with Crippen molar-refractivity contribution in [3.8, 4) is 5.75 Å². The van der Waals surface area contributed by atoms with Crippen LogP contribution in [-0.4, -0.2) is 27.4 Å². The van der Waals surface area contributed by atoms with Crippen LogP contribution >= 0.6 is 0 Å². The number of para-hydroxylation sites is 2. The maximum atomic E-state index is 10.6. The largest absolute Gasteiger partial charge is 0.491 e. The number of hydrogen-bond acceptors (Lipinski definition) is 3. The van der Waals surface area contributed by atoms with Crippen molar-refractivity contribution in [2.24, 2.45) is 0 Å². The Bertz CT molecular complexity index is 891. The van der Waals surface area contributed by atoms with Crippen LogP contribution in [-0.2, 0) is 6.54 Å². The quantitative estimate of drug-likeness (QED) is 0.718. The Kier molecular flexibility index (Phi) is 4.68. The molecule has 1 aliphatic carbocycles. The predicted molar refractivity (Wildman–Crippen MR) is 104 cm³/mol. The van der Waals surface area contributed by atoms with Crippen LogP contribution in [0.15, 0.2) is 42.5 Å². The fourth-order valence-corrected chi connectivity index (χ4v) is 3.74. The van der Waals surface area contributed by atoms with Crippen molar-refractivity contribution in [3.05, 3.63) is 59.4 Å². The third-order valence-electron chi connectivity index (χ3n) is 5.19. The van der Waals surface area contributed by atoms with Gasteiger partial charge in [-0.3, -0.25) is 0 Å². The lowest BCUT2D eigenvalue weighted by atomic mass is 9.85. The number of aryl methyl sites for hydroxylation is 2. The summed E-state index contributed by atoms with van der Waals surface area (Å²) in [6.07, 6.45) is 3.08. The van der Waals surface area contributed by atoms with Crippen LogP contribution < -0.4 is 4.74 Å². The van der Waals surface area contributed by atoms with Gasteiger partial charge >= 0.3 is 0 Å². The van der Waals surface area contributed by atoms with Crippen molar-refractivity contribution in [1.82, 2.24) is 9.55 Å². The van der Waals surface area contributed by atoms with Crippen LogP contribution in [0, 0.1) is 13.8 Å². The molecule has 0 radical (unpaired) electrons. The van der Waals surface area contributed by atoms with Crippen LogP contribution in [0.2, 0.25) is 0 Å². The number of imidazole rings is 1. The lowest BCUT2D eigenvalue weighted by Gasteiger charge is -2.26. The molecule has 4 heteroatoms. The highest BCUT2D eigenvalue weighted by atomic mass is 16.5. The third-order valence-corrected chi connectivity index (χ3v) is 5.19. The van der Waals surface area contributed by atoms with E-state index in [-0.39, 0.29) is 6.61 Å². The molecule has 0 amide bonds. The third kappa shape index (κ3) is 3.47. The van der Waals surface area contributed by atoms with Gasteiger partial charge in [-0.2, -0.15) is 0 Å².